The molecule has 27 heavy (non-hydrogen) atoms. The molecule has 1 heterocycles. The zero-order valence-electron chi connectivity index (χ0n) is 12.8. The van der Waals surface area contributed by atoms with Gasteiger partial charge in [0, 0.05) is 5.57 Å². The molecule has 0 radical (unpaired) electrons. The number of quaternary nitrogens is 1. The molecule has 0 bridgehead atoms. The van der Waals surface area contributed by atoms with E-state index >= 15 is 0 Å². The van der Waals surface area contributed by atoms with Gasteiger partial charge in [-0.1, -0.05) is 6.58 Å². The Hall–Kier alpha value is -1.54. The maximum atomic E-state index is 13.7. The van der Waals surface area contributed by atoms with Gasteiger partial charge in [-0.3, -0.25) is 4.90 Å². The Morgan fingerprint density at radius 3 is 1.48 bits per heavy atom. The molecule has 1 N–H and O–H groups in total. The van der Waals surface area contributed by atoms with Gasteiger partial charge in [-0.05, 0) is 6.92 Å². The molecule has 15 heteroatoms. The van der Waals surface area contributed by atoms with Crippen LogP contribution in [0.15, 0.2) is 12.2 Å². The van der Waals surface area contributed by atoms with E-state index in [1.807, 2.05) is 0 Å². The van der Waals surface area contributed by atoms with E-state index in [1.165, 1.54) is 0 Å². The highest BCUT2D eigenvalue weighted by Gasteiger charge is 2.93. The number of carbonyl (C=O) groups is 1. The maximum absolute atomic E-state index is 13.7. The topological polar surface area (TPSA) is 21.5 Å². The summed E-state index contributed by atoms with van der Waals surface area (Å²) < 4.78 is 168. The fourth-order valence-corrected chi connectivity index (χ4v) is 2.03. The average Bonchev–Trinajstić information content (AvgIpc) is 3.25. The fraction of sp³-hybridized carbons (Fsp3) is 0.750. The van der Waals surface area contributed by atoms with Gasteiger partial charge in [0.15, 0.2) is 0 Å². The van der Waals surface area contributed by atoms with Gasteiger partial charge in [0.1, 0.15) is 6.54 Å². The SMILES string of the molecule is C=C(C)C(=O)[NH+]1CC1C(F)(F)C(F)(F)C(F)(F)C(F)(F)C(F)(F)C(F)(F)F. The molecule has 2 atom stereocenters. The van der Waals surface area contributed by atoms with Crippen LogP contribution < -0.4 is 4.90 Å². The van der Waals surface area contributed by atoms with Crippen molar-refractivity contribution in [3.8, 4) is 0 Å². The van der Waals surface area contributed by atoms with Gasteiger partial charge in [-0.15, -0.1) is 0 Å². The first-order valence-corrected chi connectivity index (χ1v) is 6.60. The van der Waals surface area contributed by atoms with E-state index in [0.29, 0.717) is 0 Å². The van der Waals surface area contributed by atoms with Gasteiger partial charge < -0.3 is 0 Å². The lowest BCUT2D eigenvalue weighted by Crippen LogP contribution is -3.00. The molecule has 1 rings (SSSR count). The maximum Gasteiger partial charge on any atom is 0.460 e. The molecule has 1 amide bonds. The Bertz CT molecular complexity index is 636. The molecule has 1 aliphatic heterocycles. The van der Waals surface area contributed by atoms with Crippen LogP contribution in [0.25, 0.3) is 0 Å². The first-order valence-electron chi connectivity index (χ1n) is 6.60. The van der Waals surface area contributed by atoms with E-state index in [9.17, 15) is 61.9 Å². The summed E-state index contributed by atoms with van der Waals surface area (Å²) >= 11 is 0. The molecular formula is C12H9F13NO+. The monoisotopic (exact) mass is 430 g/mol. The van der Waals surface area contributed by atoms with Crippen LogP contribution in [0, 0.1) is 0 Å². The molecule has 0 aromatic rings. The summed E-state index contributed by atoms with van der Waals surface area (Å²) in [6.07, 6.45) is -7.45. The van der Waals surface area contributed by atoms with Crippen molar-refractivity contribution in [2.45, 2.75) is 48.8 Å². The molecule has 158 valence electrons. The first kappa shape index (κ1) is 23.5. The normalized spacial score (nSPS) is 22.6. The van der Waals surface area contributed by atoms with Crippen LogP contribution in [0.2, 0.25) is 0 Å². The minimum Gasteiger partial charge on any atom is -0.250 e. The Labute approximate surface area is 141 Å². The smallest absolute Gasteiger partial charge is 0.250 e. The number of hydrogen-bond acceptors (Lipinski definition) is 1. The quantitative estimate of drug-likeness (QED) is 0.391. The van der Waals surface area contributed by atoms with Gasteiger partial charge in [0.2, 0.25) is 6.04 Å². The summed E-state index contributed by atoms with van der Waals surface area (Å²) in [5, 5.41) is 0. The van der Waals surface area contributed by atoms with Crippen molar-refractivity contribution < 1.29 is 66.8 Å². The summed E-state index contributed by atoms with van der Waals surface area (Å²) in [6.45, 7) is 2.57. The lowest BCUT2D eigenvalue weighted by atomic mass is 9.92. The third-order valence-electron chi connectivity index (χ3n) is 3.76. The van der Waals surface area contributed by atoms with Crippen molar-refractivity contribution in [2.24, 2.45) is 0 Å². The molecule has 0 aliphatic carbocycles. The van der Waals surface area contributed by atoms with Crippen LogP contribution in [0.1, 0.15) is 6.92 Å². The summed E-state index contributed by atoms with van der Waals surface area (Å²) in [4.78, 5) is 10.2. The van der Waals surface area contributed by atoms with Crippen molar-refractivity contribution in [1.29, 1.82) is 0 Å². The molecule has 2 unspecified atom stereocenters. The third kappa shape index (κ3) is 3.06. The number of nitrogens with one attached hydrogen (secondary N) is 1. The minimum atomic E-state index is -7.93. The van der Waals surface area contributed by atoms with Gasteiger partial charge in [0.05, 0.1) is 0 Å². The van der Waals surface area contributed by atoms with Crippen LogP contribution in [-0.4, -0.2) is 54.3 Å². The second-order valence-corrected chi connectivity index (χ2v) is 5.81. The van der Waals surface area contributed by atoms with Gasteiger partial charge >= 0.3 is 41.7 Å². The highest BCUT2D eigenvalue weighted by atomic mass is 19.4. The average molecular weight is 430 g/mol. The lowest BCUT2D eigenvalue weighted by Gasteiger charge is -2.39. The van der Waals surface area contributed by atoms with E-state index in [2.05, 4.69) is 6.58 Å². The molecule has 0 aromatic heterocycles. The minimum absolute atomic E-state index is 0.507. The zero-order chi connectivity index (χ0) is 22.0. The molecule has 0 saturated carbocycles. The fourth-order valence-electron chi connectivity index (χ4n) is 2.03. The largest absolute Gasteiger partial charge is 0.460 e. The van der Waals surface area contributed by atoms with Crippen molar-refractivity contribution >= 4 is 5.91 Å². The van der Waals surface area contributed by atoms with Crippen molar-refractivity contribution in [3.63, 3.8) is 0 Å². The van der Waals surface area contributed by atoms with E-state index in [0.717, 1.165) is 6.92 Å². The number of rotatable bonds is 6. The number of amides is 1. The Balaban J connectivity index is 3.36. The predicted octanol–water partition coefficient (Wildman–Crippen LogP) is 3.10. The number of halogens is 13. The third-order valence-corrected chi connectivity index (χ3v) is 3.76. The lowest BCUT2D eigenvalue weighted by molar-refractivity contribution is -0.697. The van der Waals surface area contributed by atoms with E-state index in [1.54, 1.807) is 0 Å². The molecule has 1 saturated heterocycles. The predicted molar refractivity (Wildman–Crippen MR) is 60.2 cm³/mol. The van der Waals surface area contributed by atoms with Gasteiger partial charge in [-0.2, -0.15) is 57.1 Å². The van der Waals surface area contributed by atoms with E-state index < -0.39 is 64.8 Å². The van der Waals surface area contributed by atoms with Crippen molar-refractivity contribution in [3.05, 3.63) is 12.2 Å². The highest BCUT2D eigenvalue weighted by molar-refractivity contribution is 5.85. The first-order chi connectivity index (χ1) is 11.6. The zero-order valence-corrected chi connectivity index (χ0v) is 12.8. The van der Waals surface area contributed by atoms with Crippen LogP contribution in [0.5, 0.6) is 0 Å². The number of alkyl halides is 13. The Morgan fingerprint density at radius 2 is 1.15 bits per heavy atom. The molecule has 2 nitrogen and oxygen atoms in total. The summed E-state index contributed by atoms with van der Waals surface area (Å²) in [5.74, 6) is -38.5. The van der Waals surface area contributed by atoms with Crippen molar-refractivity contribution in [1.82, 2.24) is 0 Å². The Kier molecular flexibility index (Phi) is 5.20. The molecule has 1 aliphatic rings. The summed E-state index contributed by atoms with van der Waals surface area (Å²) in [6, 6.07) is -3.06. The summed E-state index contributed by atoms with van der Waals surface area (Å²) in [7, 11) is 0. The van der Waals surface area contributed by atoms with Crippen LogP contribution >= 0.6 is 0 Å². The highest BCUT2D eigenvalue weighted by Crippen LogP contribution is 2.60. The standard InChI is InChI=1S/C12H8F13NO/c1-4(2)6(27)26-3-5(26)7(13,14)8(15,16)9(17,18)10(19,20)11(21,22)12(23,24)25/h5H,1,3H2,2H3/p+1. The second kappa shape index (κ2) is 5.98. The molecule has 1 fully saturated rings. The van der Waals surface area contributed by atoms with Gasteiger partial charge in [0.25, 0.3) is 0 Å². The number of hydrogen-bond donors (Lipinski definition) is 1. The van der Waals surface area contributed by atoms with Crippen LogP contribution in [0.3, 0.4) is 0 Å². The van der Waals surface area contributed by atoms with Crippen molar-refractivity contribution in [2.75, 3.05) is 6.54 Å². The van der Waals surface area contributed by atoms with Crippen LogP contribution in [-0.2, 0) is 4.79 Å². The molecular weight excluding hydrogens is 421 g/mol. The summed E-state index contributed by atoms with van der Waals surface area (Å²) in [5.41, 5.74) is -0.507. The van der Waals surface area contributed by atoms with E-state index in [-0.39, 0.29) is 0 Å². The molecule has 0 spiro atoms. The molecule has 0 aromatic carbocycles. The van der Waals surface area contributed by atoms with Crippen LogP contribution in [0.4, 0.5) is 57.1 Å². The number of carbonyl (C=O) groups excluding carboxylic acids is 1. The second-order valence-electron chi connectivity index (χ2n) is 5.81. The Morgan fingerprint density at radius 1 is 0.778 bits per heavy atom. The van der Waals surface area contributed by atoms with Gasteiger partial charge in [-0.25, -0.2) is 4.79 Å². The van der Waals surface area contributed by atoms with E-state index in [4.69, 9.17) is 0 Å².